The highest BCUT2D eigenvalue weighted by Crippen LogP contribution is 2.30. The molecule has 0 aliphatic carbocycles. The summed E-state index contributed by atoms with van der Waals surface area (Å²) < 4.78 is 65.2. The van der Waals surface area contributed by atoms with E-state index >= 15 is 0 Å². The van der Waals surface area contributed by atoms with Crippen molar-refractivity contribution in [2.45, 2.75) is 43.8 Å². The average molecular weight is 537 g/mol. The fraction of sp³-hybridized carbons (Fsp3) is 0.400. The van der Waals surface area contributed by atoms with E-state index < -0.39 is 42.6 Å². The van der Waals surface area contributed by atoms with Gasteiger partial charge in [-0.2, -0.15) is 13.2 Å². The van der Waals surface area contributed by atoms with Crippen LogP contribution >= 0.6 is 0 Å². The summed E-state index contributed by atoms with van der Waals surface area (Å²) in [6.45, 7) is 1.69. The molecule has 2 aromatic carbocycles. The van der Waals surface area contributed by atoms with E-state index in [9.17, 15) is 18.3 Å². The van der Waals surface area contributed by atoms with Gasteiger partial charge < -0.3 is 28.9 Å². The minimum absolute atomic E-state index is 0.107. The van der Waals surface area contributed by atoms with Crippen molar-refractivity contribution >= 4 is 5.71 Å². The van der Waals surface area contributed by atoms with E-state index in [-0.39, 0.29) is 11.3 Å². The zero-order valence-electron chi connectivity index (χ0n) is 21.0. The molecule has 0 spiro atoms. The first-order chi connectivity index (χ1) is 18.2. The molecule has 5 atom stereocenters. The zero-order chi connectivity index (χ0) is 27.4. The molecule has 1 aliphatic rings. The zero-order valence-corrected chi connectivity index (χ0v) is 21.0. The third-order valence-electron chi connectivity index (χ3n) is 6.08. The molecule has 2 heterocycles. The van der Waals surface area contributed by atoms with Crippen molar-refractivity contribution in [1.82, 2.24) is 14.8 Å². The number of hydrogen-bond acceptors (Lipinski definition) is 9. The van der Waals surface area contributed by atoms with Crippen LogP contribution in [-0.2, 0) is 23.8 Å². The van der Waals surface area contributed by atoms with Crippen LogP contribution in [0.3, 0.4) is 0 Å². The van der Waals surface area contributed by atoms with Gasteiger partial charge in [0.2, 0.25) is 0 Å². The topological polar surface area (TPSA) is 109 Å². The van der Waals surface area contributed by atoms with E-state index in [2.05, 4.69) is 15.2 Å². The number of ether oxygens (including phenoxy) is 4. The van der Waals surface area contributed by atoms with Gasteiger partial charge in [-0.25, -0.2) is 9.67 Å². The molecule has 1 saturated heterocycles. The Morgan fingerprint density at radius 1 is 0.947 bits per heavy atom. The monoisotopic (exact) mass is 536 g/mol. The number of halogens is 3. The third kappa shape index (κ3) is 5.80. The number of phenols is 1. The lowest BCUT2D eigenvalue weighted by Crippen LogP contribution is -2.59. The molecular formula is C25H27F3N4O6. The Hall–Kier alpha value is -3.52. The van der Waals surface area contributed by atoms with Crippen LogP contribution in [-0.4, -0.2) is 83.8 Å². The summed E-state index contributed by atoms with van der Waals surface area (Å²) in [5.74, 6) is 0.410. The van der Waals surface area contributed by atoms with Crippen LogP contribution in [0.4, 0.5) is 13.2 Å². The molecule has 0 amide bonds. The number of oxime groups is 1. The summed E-state index contributed by atoms with van der Waals surface area (Å²) >= 11 is 0. The lowest BCUT2D eigenvalue weighted by atomic mass is 9.99. The van der Waals surface area contributed by atoms with Crippen molar-refractivity contribution in [2.24, 2.45) is 5.16 Å². The summed E-state index contributed by atoms with van der Waals surface area (Å²) in [6, 6.07) is 11.7. The second-order valence-electron chi connectivity index (χ2n) is 8.46. The molecule has 38 heavy (non-hydrogen) atoms. The van der Waals surface area contributed by atoms with E-state index in [1.54, 1.807) is 19.1 Å². The van der Waals surface area contributed by atoms with Crippen LogP contribution in [0.1, 0.15) is 12.5 Å². The Bertz CT molecular complexity index is 1230. The lowest BCUT2D eigenvalue weighted by Gasteiger charge is -2.42. The van der Waals surface area contributed by atoms with Crippen molar-refractivity contribution in [3.63, 3.8) is 0 Å². The normalized spacial score (nSPS) is 24.4. The SMILES string of the molecule is CO[C@@H]1[C@@H](OC)[C@H](C)O[C@@H](O/N=C(/c2ccc(-c3ncn(-c4ccc(O)cc4)n3)cc2)C(F)(F)F)[C@@H]1OC. The Balaban J connectivity index is 1.55. The number of aromatic hydroxyl groups is 1. The molecule has 13 heteroatoms. The minimum Gasteiger partial charge on any atom is -0.508 e. The molecule has 1 aliphatic heterocycles. The van der Waals surface area contributed by atoms with Crippen LogP contribution in [0, 0.1) is 0 Å². The average Bonchev–Trinajstić information content (AvgIpc) is 3.38. The molecule has 0 unspecified atom stereocenters. The van der Waals surface area contributed by atoms with Crippen LogP contribution in [0.15, 0.2) is 60.0 Å². The van der Waals surface area contributed by atoms with Crippen molar-refractivity contribution in [3.8, 4) is 22.8 Å². The smallest absolute Gasteiger partial charge is 0.437 e. The van der Waals surface area contributed by atoms with Gasteiger partial charge in [0.05, 0.1) is 11.8 Å². The first-order valence-corrected chi connectivity index (χ1v) is 11.5. The van der Waals surface area contributed by atoms with E-state index in [0.717, 1.165) is 0 Å². The molecule has 3 aromatic rings. The molecule has 204 valence electrons. The summed E-state index contributed by atoms with van der Waals surface area (Å²) in [5, 5.41) is 17.2. The van der Waals surface area contributed by atoms with Gasteiger partial charge in [-0.1, -0.05) is 29.4 Å². The third-order valence-corrected chi connectivity index (χ3v) is 6.08. The molecule has 1 N–H and O–H groups in total. The predicted molar refractivity (Wildman–Crippen MR) is 129 cm³/mol. The highest BCUT2D eigenvalue weighted by atomic mass is 19.4. The van der Waals surface area contributed by atoms with Crippen molar-refractivity contribution in [3.05, 3.63) is 60.4 Å². The number of alkyl halides is 3. The Morgan fingerprint density at radius 2 is 1.58 bits per heavy atom. The summed E-state index contributed by atoms with van der Waals surface area (Å²) in [7, 11) is 4.27. The number of hydrogen-bond donors (Lipinski definition) is 1. The fourth-order valence-corrected chi connectivity index (χ4v) is 4.17. The van der Waals surface area contributed by atoms with Crippen LogP contribution < -0.4 is 0 Å². The maximum atomic E-state index is 13.9. The molecule has 1 fully saturated rings. The van der Waals surface area contributed by atoms with Crippen LogP contribution in [0.25, 0.3) is 17.1 Å². The Labute approximate surface area is 216 Å². The highest BCUT2D eigenvalue weighted by Gasteiger charge is 2.47. The van der Waals surface area contributed by atoms with Gasteiger partial charge in [0.25, 0.3) is 6.29 Å². The molecule has 0 bridgehead atoms. The first kappa shape index (κ1) is 27.5. The molecule has 1 aromatic heterocycles. The van der Waals surface area contributed by atoms with E-state index in [4.69, 9.17) is 23.8 Å². The van der Waals surface area contributed by atoms with Crippen LogP contribution in [0.5, 0.6) is 5.75 Å². The second-order valence-corrected chi connectivity index (χ2v) is 8.46. The van der Waals surface area contributed by atoms with Gasteiger partial charge in [0.15, 0.2) is 17.6 Å². The maximum Gasteiger partial charge on any atom is 0.437 e. The summed E-state index contributed by atoms with van der Waals surface area (Å²) in [4.78, 5) is 9.46. The number of methoxy groups -OCH3 is 3. The van der Waals surface area contributed by atoms with Gasteiger partial charge in [-0.3, -0.25) is 0 Å². The number of benzene rings is 2. The Morgan fingerprint density at radius 3 is 2.16 bits per heavy atom. The number of phenolic OH excluding ortho intramolecular Hbond substituents is 1. The molecule has 0 radical (unpaired) electrons. The largest absolute Gasteiger partial charge is 0.508 e. The van der Waals surface area contributed by atoms with E-state index in [1.807, 2.05) is 0 Å². The van der Waals surface area contributed by atoms with Gasteiger partial charge in [-0.05, 0) is 31.2 Å². The summed E-state index contributed by atoms with van der Waals surface area (Å²) in [5.41, 5.74) is -0.329. The van der Waals surface area contributed by atoms with Crippen molar-refractivity contribution in [1.29, 1.82) is 0 Å². The summed E-state index contributed by atoms with van der Waals surface area (Å²) in [6.07, 6.45) is -7.25. The van der Waals surface area contributed by atoms with E-state index in [0.29, 0.717) is 17.1 Å². The number of nitrogens with zero attached hydrogens (tertiary/aromatic N) is 4. The standard InChI is InChI=1S/C25H27F3N4O6/c1-14-19(34-2)20(35-3)21(36-4)24(37-14)38-31-22(25(26,27)28)15-5-7-16(8-6-15)23-29-13-32(30-23)17-9-11-18(33)12-10-17/h5-14,19-21,24,33H,1-4H3/b31-22-/t14-,19-,20+,21+,24-/m0/s1. The number of aromatic nitrogens is 3. The predicted octanol–water partition coefficient (Wildman–Crippen LogP) is 3.71. The molecule has 0 saturated carbocycles. The van der Waals surface area contributed by atoms with Crippen molar-refractivity contribution in [2.75, 3.05) is 21.3 Å². The Kier molecular flexibility index (Phi) is 8.31. The number of rotatable bonds is 8. The van der Waals surface area contributed by atoms with Crippen LogP contribution in [0.2, 0.25) is 0 Å². The quantitative estimate of drug-likeness (QED) is 0.343. The van der Waals surface area contributed by atoms with Gasteiger partial charge in [0, 0.05) is 32.5 Å². The molecule has 10 nitrogen and oxygen atoms in total. The van der Waals surface area contributed by atoms with Gasteiger partial charge >= 0.3 is 6.18 Å². The molecular weight excluding hydrogens is 509 g/mol. The fourth-order valence-electron chi connectivity index (χ4n) is 4.17. The first-order valence-electron chi connectivity index (χ1n) is 11.5. The second kappa shape index (κ2) is 11.5. The van der Waals surface area contributed by atoms with Crippen molar-refractivity contribution < 1.29 is 42.1 Å². The van der Waals surface area contributed by atoms with E-state index in [1.165, 1.54) is 68.7 Å². The lowest BCUT2D eigenvalue weighted by molar-refractivity contribution is -0.305. The minimum atomic E-state index is -4.82. The van der Waals surface area contributed by atoms with Gasteiger partial charge in [-0.15, -0.1) is 5.10 Å². The molecule has 4 rings (SSSR count). The maximum absolute atomic E-state index is 13.9. The highest BCUT2D eigenvalue weighted by molar-refractivity contribution is 6.04. The van der Waals surface area contributed by atoms with Gasteiger partial charge in [0.1, 0.15) is 24.3 Å².